The number of hydrogen-bond acceptors (Lipinski definition) is 7. The van der Waals surface area contributed by atoms with Crippen LogP contribution in [-0.4, -0.2) is 31.5 Å². The summed E-state index contributed by atoms with van der Waals surface area (Å²) in [5.41, 5.74) is 2.62. The van der Waals surface area contributed by atoms with Crippen LogP contribution in [0.2, 0.25) is 0 Å². The molecule has 41 heavy (non-hydrogen) atoms. The summed E-state index contributed by atoms with van der Waals surface area (Å²) >= 11 is 0. The lowest BCUT2D eigenvalue weighted by atomic mass is 9.79. The number of benzene rings is 5. The van der Waals surface area contributed by atoms with Gasteiger partial charge in [-0.3, -0.25) is 9.59 Å². The zero-order valence-corrected chi connectivity index (χ0v) is 23.7. The van der Waals surface area contributed by atoms with E-state index in [1.54, 1.807) is 0 Å². The second-order valence-electron chi connectivity index (χ2n) is 11.6. The third-order valence-electron chi connectivity index (χ3n) is 9.36. The van der Waals surface area contributed by atoms with Crippen molar-refractivity contribution in [3.8, 4) is 28.7 Å². The summed E-state index contributed by atoms with van der Waals surface area (Å²) in [6, 6.07) is 2.75. The zero-order valence-electron chi connectivity index (χ0n) is 23.7. The largest absolute Gasteiger partial charge is 0.507 e. The molecule has 0 saturated heterocycles. The van der Waals surface area contributed by atoms with Crippen LogP contribution in [0.5, 0.6) is 28.7 Å². The number of fused-ring (bicyclic) bond motifs is 1. The highest BCUT2D eigenvalue weighted by molar-refractivity contribution is 6.39. The molecule has 1 saturated carbocycles. The SMILES string of the molecule is COc1c(O)c2c(=O)cc(OC)c3c4c(OC)cc(=O)c5c(O)c(CC6CCCCC6)c6c(c(c1CC(C)=C6)c23)c54. The molecule has 210 valence electrons. The van der Waals surface area contributed by atoms with Crippen molar-refractivity contribution in [3.05, 3.63) is 54.8 Å². The van der Waals surface area contributed by atoms with Crippen LogP contribution in [0.15, 0.2) is 27.3 Å². The van der Waals surface area contributed by atoms with E-state index in [0.717, 1.165) is 58.7 Å². The Morgan fingerprint density at radius 1 is 0.732 bits per heavy atom. The minimum Gasteiger partial charge on any atom is -0.507 e. The highest BCUT2D eigenvalue weighted by Gasteiger charge is 2.33. The molecule has 0 atom stereocenters. The first-order valence-corrected chi connectivity index (χ1v) is 14.2. The fourth-order valence-corrected chi connectivity index (χ4v) is 7.69. The van der Waals surface area contributed by atoms with E-state index in [9.17, 15) is 19.8 Å². The van der Waals surface area contributed by atoms with E-state index in [4.69, 9.17) is 14.2 Å². The smallest absolute Gasteiger partial charge is 0.194 e. The van der Waals surface area contributed by atoms with Crippen molar-refractivity contribution in [2.45, 2.75) is 51.9 Å². The fourth-order valence-electron chi connectivity index (χ4n) is 7.69. The lowest BCUT2D eigenvalue weighted by Gasteiger charge is -2.26. The van der Waals surface area contributed by atoms with Crippen molar-refractivity contribution >= 4 is 49.2 Å². The molecule has 0 unspecified atom stereocenters. The second kappa shape index (κ2) is 9.13. The predicted molar refractivity (Wildman–Crippen MR) is 162 cm³/mol. The molecule has 0 heterocycles. The third kappa shape index (κ3) is 3.38. The van der Waals surface area contributed by atoms with E-state index in [2.05, 4.69) is 6.08 Å². The first kappa shape index (κ1) is 25.7. The predicted octanol–water partition coefficient (Wildman–Crippen LogP) is 6.41. The van der Waals surface area contributed by atoms with E-state index < -0.39 is 5.43 Å². The molecule has 0 aromatic heterocycles. The number of phenolic OH excluding ortho intramolecular Hbond substituents is 2. The summed E-state index contributed by atoms with van der Waals surface area (Å²) < 4.78 is 17.3. The molecule has 7 nitrogen and oxygen atoms in total. The van der Waals surface area contributed by atoms with Crippen LogP contribution in [-0.2, 0) is 12.8 Å². The molecule has 0 radical (unpaired) electrons. The second-order valence-corrected chi connectivity index (χ2v) is 11.6. The number of rotatable bonds is 5. The zero-order chi connectivity index (χ0) is 28.7. The van der Waals surface area contributed by atoms with Crippen LogP contribution in [0.25, 0.3) is 49.2 Å². The van der Waals surface area contributed by atoms with Gasteiger partial charge >= 0.3 is 0 Å². The van der Waals surface area contributed by atoms with Crippen molar-refractivity contribution in [1.82, 2.24) is 0 Å². The van der Waals surface area contributed by atoms with Crippen LogP contribution in [0.3, 0.4) is 0 Å². The Bertz CT molecular complexity index is 2050. The molecule has 0 bridgehead atoms. The van der Waals surface area contributed by atoms with Gasteiger partial charge in [-0.2, -0.15) is 0 Å². The number of allylic oxidation sites excluding steroid dienone is 1. The minimum absolute atomic E-state index is 0.00979. The number of hydrogen-bond donors (Lipinski definition) is 2. The molecule has 2 aliphatic rings. The van der Waals surface area contributed by atoms with Crippen molar-refractivity contribution in [2.24, 2.45) is 5.92 Å². The molecule has 2 N–H and O–H groups in total. The van der Waals surface area contributed by atoms with Crippen molar-refractivity contribution in [2.75, 3.05) is 21.3 Å². The molecule has 0 spiro atoms. The molecule has 0 amide bonds. The molecule has 2 aliphatic carbocycles. The van der Waals surface area contributed by atoms with Gasteiger partial charge in [0.15, 0.2) is 22.4 Å². The van der Waals surface area contributed by atoms with Gasteiger partial charge in [0.05, 0.1) is 32.1 Å². The summed E-state index contributed by atoms with van der Waals surface area (Å²) in [5, 5.41) is 27.6. The number of methoxy groups -OCH3 is 3. The Labute approximate surface area is 236 Å². The average Bonchev–Trinajstić information content (AvgIpc) is 3.11. The monoisotopic (exact) mass is 552 g/mol. The number of phenols is 2. The first-order valence-electron chi connectivity index (χ1n) is 14.2. The lowest BCUT2D eigenvalue weighted by Crippen LogP contribution is -2.13. The maximum atomic E-state index is 13.8. The molecule has 5 aromatic carbocycles. The quantitative estimate of drug-likeness (QED) is 0.192. The van der Waals surface area contributed by atoms with Crippen molar-refractivity contribution in [1.29, 1.82) is 0 Å². The Balaban J connectivity index is 1.85. The van der Waals surface area contributed by atoms with E-state index in [1.807, 2.05) is 6.92 Å². The van der Waals surface area contributed by atoms with Crippen molar-refractivity contribution in [3.63, 3.8) is 0 Å². The van der Waals surface area contributed by atoms with Gasteiger partial charge in [0.2, 0.25) is 0 Å². The highest BCUT2D eigenvalue weighted by Crippen LogP contribution is 2.55. The normalized spacial score (nSPS) is 15.8. The minimum atomic E-state index is -0.394. The van der Waals surface area contributed by atoms with Crippen LogP contribution >= 0.6 is 0 Å². The summed E-state index contributed by atoms with van der Waals surface area (Å²) in [7, 11) is 4.47. The maximum Gasteiger partial charge on any atom is 0.194 e. The summed E-state index contributed by atoms with van der Waals surface area (Å²) in [4.78, 5) is 27.3. The van der Waals surface area contributed by atoms with Gasteiger partial charge in [0.25, 0.3) is 0 Å². The van der Waals surface area contributed by atoms with Crippen molar-refractivity contribution < 1.29 is 24.4 Å². The van der Waals surface area contributed by atoms with Gasteiger partial charge in [-0.1, -0.05) is 43.8 Å². The molecule has 1 fully saturated rings. The average molecular weight is 553 g/mol. The van der Waals surface area contributed by atoms with Crippen LogP contribution in [0.1, 0.15) is 55.7 Å². The fraction of sp³-hybridized carbons (Fsp3) is 0.353. The molecule has 0 aliphatic heterocycles. The van der Waals surface area contributed by atoms with Gasteiger partial charge in [-0.05, 0) is 42.0 Å². The van der Waals surface area contributed by atoms with E-state index in [0.29, 0.717) is 51.8 Å². The van der Waals surface area contributed by atoms with Gasteiger partial charge in [0, 0.05) is 44.8 Å². The number of aromatic hydroxyl groups is 2. The third-order valence-corrected chi connectivity index (χ3v) is 9.36. The van der Waals surface area contributed by atoms with Gasteiger partial charge in [-0.15, -0.1) is 0 Å². The van der Waals surface area contributed by atoms with Gasteiger partial charge < -0.3 is 24.4 Å². The van der Waals surface area contributed by atoms with E-state index in [-0.39, 0.29) is 33.4 Å². The summed E-state index contributed by atoms with van der Waals surface area (Å²) in [6.45, 7) is 2.01. The molecular weight excluding hydrogens is 520 g/mol. The lowest BCUT2D eigenvalue weighted by molar-refractivity contribution is 0.352. The standard InChI is InChI=1S/C34H32O7/c1-15-10-17-18(12-16-8-6-5-7-9-16)32(37)26-20(35)13-22(39-2)28-29-23(40-3)14-21(36)27-31(29)25(24(17)30(26)28)19(11-15)34(41-4)33(27)38/h10,13-14,16,37-38H,5-9,11-12H2,1-4H3. The summed E-state index contributed by atoms with van der Waals surface area (Å²) in [5.74, 6) is 1.06. The van der Waals surface area contributed by atoms with Crippen LogP contribution in [0, 0.1) is 5.92 Å². The highest BCUT2D eigenvalue weighted by atomic mass is 16.5. The Morgan fingerprint density at radius 2 is 1.32 bits per heavy atom. The molecule has 5 aromatic rings. The number of ether oxygens (including phenoxy) is 3. The maximum absolute atomic E-state index is 13.8. The van der Waals surface area contributed by atoms with Gasteiger partial charge in [-0.25, -0.2) is 0 Å². The van der Waals surface area contributed by atoms with Crippen LogP contribution < -0.4 is 25.1 Å². The summed E-state index contributed by atoms with van der Waals surface area (Å²) in [6.07, 6.45) is 8.88. The topological polar surface area (TPSA) is 102 Å². The van der Waals surface area contributed by atoms with Crippen LogP contribution in [0.4, 0.5) is 0 Å². The Kier molecular flexibility index (Phi) is 5.72. The van der Waals surface area contributed by atoms with E-state index >= 15 is 0 Å². The molecular formula is C34H32O7. The first-order chi connectivity index (χ1) is 19.8. The Morgan fingerprint density at radius 3 is 1.90 bits per heavy atom. The van der Waals surface area contributed by atoms with Gasteiger partial charge in [0.1, 0.15) is 17.2 Å². The Hall–Kier alpha value is -4.26. The van der Waals surface area contributed by atoms with E-state index in [1.165, 1.54) is 39.9 Å². The molecule has 7 heteroatoms. The molecule has 7 rings (SSSR count).